The minimum absolute atomic E-state index is 0.0611. The third-order valence-corrected chi connectivity index (χ3v) is 4.61. The van der Waals surface area contributed by atoms with Crippen LogP contribution in [0.5, 0.6) is 5.75 Å². The lowest BCUT2D eigenvalue weighted by Crippen LogP contribution is -2.31. The van der Waals surface area contributed by atoms with Gasteiger partial charge in [0.15, 0.2) is 0 Å². The number of benzene rings is 1. The Balaban J connectivity index is 1.68. The van der Waals surface area contributed by atoms with Gasteiger partial charge in [-0.25, -0.2) is 0 Å². The summed E-state index contributed by atoms with van der Waals surface area (Å²) in [5, 5.41) is 0. The Hall–Kier alpha value is -1.06. The molecule has 0 aliphatic carbocycles. The highest BCUT2D eigenvalue weighted by Gasteiger charge is 2.23. The van der Waals surface area contributed by atoms with Crippen molar-refractivity contribution in [3.05, 3.63) is 29.8 Å². The van der Waals surface area contributed by atoms with E-state index in [2.05, 4.69) is 26.0 Å². The predicted molar refractivity (Wildman–Crippen MR) is 98.7 cm³/mol. The Morgan fingerprint density at radius 1 is 0.875 bits per heavy atom. The number of hydrogen-bond donors (Lipinski definition) is 0. The van der Waals surface area contributed by atoms with E-state index in [1.807, 2.05) is 12.1 Å². The van der Waals surface area contributed by atoms with Crippen molar-refractivity contribution in [3.63, 3.8) is 0 Å². The summed E-state index contributed by atoms with van der Waals surface area (Å²) in [6, 6.07) is 8.30. The normalized spacial score (nSPS) is 20.9. The molecule has 0 spiro atoms. The Morgan fingerprint density at radius 2 is 1.62 bits per heavy atom. The Labute approximate surface area is 147 Å². The largest absolute Gasteiger partial charge is 0.494 e. The average molecular weight is 335 g/mol. The molecule has 3 heteroatoms. The number of unbranched alkanes of at least 4 members (excludes halogenated alkanes) is 5. The van der Waals surface area contributed by atoms with Crippen molar-refractivity contribution in [2.45, 2.75) is 77.4 Å². The van der Waals surface area contributed by atoms with Gasteiger partial charge in [0.2, 0.25) is 0 Å². The van der Waals surface area contributed by atoms with Gasteiger partial charge in [0.25, 0.3) is 0 Å². The summed E-state index contributed by atoms with van der Waals surface area (Å²) < 4.78 is 17.8. The first-order chi connectivity index (χ1) is 11.8. The molecular formula is C21H34O3. The molecule has 3 nitrogen and oxygen atoms in total. The highest BCUT2D eigenvalue weighted by atomic mass is 16.6. The van der Waals surface area contributed by atoms with E-state index in [0.29, 0.717) is 13.2 Å². The number of ether oxygens (including phenoxy) is 3. The van der Waals surface area contributed by atoms with E-state index in [-0.39, 0.29) is 12.2 Å². The molecule has 136 valence electrons. The standard InChI is InChI=1S/C21H34O3/c1-3-5-7-9-15-22-19-13-11-18(12-14-19)21-17-23-20(16-24-21)10-8-6-4-2/h11-14,20-21H,3-10,15-17H2,1-2H3/t20-,21-/m0/s1. The van der Waals surface area contributed by atoms with Crippen LogP contribution < -0.4 is 4.74 Å². The summed E-state index contributed by atoms with van der Waals surface area (Å²) in [5.74, 6) is 0.949. The fourth-order valence-electron chi connectivity index (χ4n) is 3.02. The van der Waals surface area contributed by atoms with Crippen molar-refractivity contribution in [1.29, 1.82) is 0 Å². The molecule has 24 heavy (non-hydrogen) atoms. The second-order valence-corrected chi connectivity index (χ2v) is 6.75. The van der Waals surface area contributed by atoms with Gasteiger partial charge >= 0.3 is 0 Å². The van der Waals surface area contributed by atoms with Crippen molar-refractivity contribution in [1.82, 2.24) is 0 Å². The molecule has 0 bridgehead atoms. The van der Waals surface area contributed by atoms with Crippen LogP contribution in [0, 0.1) is 0 Å². The van der Waals surface area contributed by atoms with Crippen LogP contribution >= 0.6 is 0 Å². The Bertz CT molecular complexity index is 421. The van der Waals surface area contributed by atoms with Crippen LogP contribution in [0.3, 0.4) is 0 Å². The molecule has 1 saturated heterocycles. The van der Waals surface area contributed by atoms with Crippen molar-refractivity contribution in [2.75, 3.05) is 19.8 Å². The monoisotopic (exact) mass is 334 g/mol. The van der Waals surface area contributed by atoms with Crippen LogP contribution in [0.25, 0.3) is 0 Å². The maximum Gasteiger partial charge on any atom is 0.119 e. The van der Waals surface area contributed by atoms with Crippen LogP contribution in [0.1, 0.15) is 76.9 Å². The quantitative estimate of drug-likeness (QED) is 0.487. The molecule has 0 radical (unpaired) electrons. The zero-order valence-electron chi connectivity index (χ0n) is 15.5. The van der Waals surface area contributed by atoms with Gasteiger partial charge in [-0.15, -0.1) is 0 Å². The molecule has 2 atom stereocenters. The second-order valence-electron chi connectivity index (χ2n) is 6.75. The summed E-state index contributed by atoms with van der Waals surface area (Å²) in [5.41, 5.74) is 1.18. The Morgan fingerprint density at radius 3 is 2.29 bits per heavy atom. The highest BCUT2D eigenvalue weighted by Crippen LogP contribution is 2.26. The van der Waals surface area contributed by atoms with E-state index in [4.69, 9.17) is 14.2 Å². The van der Waals surface area contributed by atoms with Gasteiger partial charge in [-0.3, -0.25) is 0 Å². The van der Waals surface area contributed by atoms with Crippen molar-refractivity contribution in [3.8, 4) is 5.75 Å². The molecule has 0 unspecified atom stereocenters. The van der Waals surface area contributed by atoms with E-state index in [1.165, 1.54) is 44.1 Å². The number of rotatable bonds is 11. The van der Waals surface area contributed by atoms with Gasteiger partial charge in [-0.05, 0) is 30.5 Å². The van der Waals surface area contributed by atoms with E-state index < -0.39 is 0 Å². The van der Waals surface area contributed by atoms with Crippen molar-refractivity contribution in [2.24, 2.45) is 0 Å². The fourth-order valence-corrected chi connectivity index (χ4v) is 3.02. The highest BCUT2D eigenvalue weighted by molar-refractivity contribution is 5.28. The molecule has 1 aliphatic heterocycles. The molecule has 0 saturated carbocycles. The molecule has 1 heterocycles. The van der Waals surface area contributed by atoms with Gasteiger partial charge in [0, 0.05) is 0 Å². The zero-order valence-corrected chi connectivity index (χ0v) is 15.5. The van der Waals surface area contributed by atoms with Gasteiger partial charge in [-0.2, -0.15) is 0 Å². The molecule has 1 aliphatic rings. The minimum atomic E-state index is 0.0611. The molecule has 2 rings (SSSR count). The van der Waals surface area contributed by atoms with Crippen LogP contribution in [-0.2, 0) is 9.47 Å². The summed E-state index contributed by atoms with van der Waals surface area (Å²) >= 11 is 0. The van der Waals surface area contributed by atoms with Crippen LogP contribution in [0.2, 0.25) is 0 Å². The van der Waals surface area contributed by atoms with Gasteiger partial charge in [0.05, 0.1) is 25.9 Å². The van der Waals surface area contributed by atoms with Crippen LogP contribution in [0.4, 0.5) is 0 Å². The van der Waals surface area contributed by atoms with E-state index in [0.717, 1.165) is 25.2 Å². The van der Waals surface area contributed by atoms with E-state index in [1.54, 1.807) is 0 Å². The second kappa shape index (κ2) is 11.5. The third-order valence-electron chi connectivity index (χ3n) is 4.61. The molecular weight excluding hydrogens is 300 g/mol. The van der Waals surface area contributed by atoms with Crippen molar-refractivity contribution >= 4 is 0 Å². The summed E-state index contributed by atoms with van der Waals surface area (Å²) in [7, 11) is 0. The molecule has 0 amide bonds. The molecule has 0 aromatic heterocycles. The first-order valence-corrected chi connectivity index (χ1v) is 9.79. The van der Waals surface area contributed by atoms with E-state index in [9.17, 15) is 0 Å². The maximum atomic E-state index is 6.01. The lowest BCUT2D eigenvalue weighted by atomic mass is 10.1. The maximum absolute atomic E-state index is 6.01. The number of hydrogen-bond acceptors (Lipinski definition) is 3. The first kappa shape index (κ1) is 19.3. The molecule has 1 fully saturated rings. The van der Waals surface area contributed by atoms with Crippen LogP contribution in [-0.4, -0.2) is 25.9 Å². The predicted octanol–water partition coefficient (Wildman–Crippen LogP) is 5.68. The topological polar surface area (TPSA) is 27.7 Å². The summed E-state index contributed by atoms with van der Waals surface area (Å²) in [6.45, 7) is 6.64. The zero-order chi connectivity index (χ0) is 17.0. The molecule has 1 aromatic rings. The average Bonchev–Trinajstić information content (AvgIpc) is 2.63. The van der Waals surface area contributed by atoms with E-state index >= 15 is 0 Å². The smallest absolute Gasteiger partial charge is 0.119 e. The minimum Gasteiger partial charge on any atom is -0.494 e. The fraction of sp³-hybridized carbons (Fsp3) is 0.714. The summed E-state index contributed by atoms with van der Waals surface area (Å²) in [4.78, 5) is 0. The Kier molecular flexibility index (Phi) is 9.22. The summed E-state index contributed by atoms with van der Waals surface area (Å²) in [6.07, 6.45) is 10.2. The first-order valence-electron chi connectivity index (χ1n) is 9.79. The van der Waals surface area contributed by atoms with Gasteiger partial charge in [-0.1, -0.05) is 64.5 Å². The molecule has 0 N–H and O–H groups in total. The van der Waals surface area contributed by atoms with Gasteiger partial charge < -0.3 is 14.2 Å². The molecule has 1 aromatic carbocycles. The SMILES string of the molecule is CCCCCCOc1ccc([C@@H]2CO[C@@H](CCCCC)CO2)cc1. The third kappa shape index (κ3) is 6.82. The van der Waals surface area contributed by atoms with Crippen molar-refractivity contribution < 1.29 is 14.2 Å². The lowest BCUT2D eigenvalue weighted by molar-refractivity contribution is -0.137. The lowest BCUT2D eigenvalue weighted by Gasteiger charge is -2.30. The van der Waals surface area contributed by atoms with Gasteiger partial charge in [0.1, 0.15) is 11.9 Å². The van der Waals surface area contributed by atoms with Crippen LogP contribution in [0.15, 0.2) is 24.3 Å².